The Bertz CT molecular complexity index is 482. The molecule has 2 N–H and O–H groups in total. The summed E-state index contributed by atoms with van der Waals surface area (Å²) in [5, 5.41) is 0. The second-order valence-electron chi connectivity index (χ2n) is 4.28. The van der Waals surface area contributed by atoms with Gasteiger partial charge in [-0.3, -0.25) is 9.59 Å². The van der Waals surface area contributed by atoms with E-state index in [9.17, 15) is 9.59 Å². The zero-order chi connectivity index (χ0) is 12.6. The van der Waals surface area contributed by atoms with Crippen LogP contribution in [-0.2, 0) is 22.4 Å². The Morgan fingerprint density at radius 1 is 1.65 bits per heavy atom. The predicted molar refractivity (Wildman–Crippen MR) is 64.5 cm³/mol. The van der Waals surface area contributed by atoms with Gasteiger partial charge in [0.1, 0.15) is 5.92 Å². The van der Waals surface area contributed by atoms with Gasteiger partial charge in [-0.15, -0.1) is 0 Å². The molecule has 0 spiro atoms. The van der Waals surface area contributed by atoms with Crippen molar-refractivity contribution in [3.8, 4) is 0 Å². The van der Waals surface area contributed by atoms with E-state index in [-0.39, 0.29) is 5.91 Å². The molecular weight excluding hydrogens is 216 g/mol. The number of hydrogen-bond donors (Lipinski definition) is 1. The molecule has 0 saturated heterocycles. The molecule has 1 heterocycles. The molecule has 4 heteroatoms. The average molecular weight is 231 g/mol. The van der Waals surface area contributed by atoms with Gasteiger partial charge in [0.15, 0.2) is 0 Å². The van der Waals surface area contributed by atoms with E-state index in [0.717, 1.165) is 23.2 Å². The highest BCUT2D eigenvalue weighted by Crippen LogP contribution is 2.30. The topological polar surface area (TPSA) is 63.4 Å². The highest BCUT2D eigenvalue weighted by molar-refractivity contribution is 6.09. The molecule has 1 unspecified atom stereocenters. The van der Waals surface area contributed by atoms with E-state index in [1.54, 1.807) is 7.05 Å². The number of anilines is 1. The molecule has 0 aliphatic carbocycles. The van der Waals surface area contributed by atoms with E-state index in [1.807, 2.05) is 19.1 Å². The monoisotopic (exact) mass is 231 g/mol. The predicted octanol–water partition coefficient (Wildman–Crippen LogP) is 0.670. The molecule has 0 aromatic heterocycles. The molecule has 2 amide bonds. The first kappa shape index (κ1) is 11.6. The van der Waals surface area contributed by atoms with Gasteiger partial charge in [-0.2, -0.15) is 0 Å². The second-order valence-corrected chi connectivity index (χ2v) is 4.28. The maximum Gasteiger partial charge on any atom is 0.239 e. The van der Waals surface area contributed by atoms with Crippen molar-refractivity contribution >= 4 is 17.5 Å². The molecule has 1 radical (unpaired) electrons. The van der Waals surface area contributed by atoms with Gasteiger partial charge in [-0.25, -0.2) is 0 Å². The Labute approximate surface area is 100 Å². The highest BCUT2D eigenvalue weighted by atomic mass is 16.2. The number of fused-ring (bicyclic) bond motifs is 1. The lowest BCUT2D eigenvalue weighted by Crippen LogP contribution is -2.44. The van der Waals surface area contributed by atoms with Crippen molar-refractivity contribution in [3.63, 3.8) is 0 Å². The normalized spacial score (nSPS) is 19.1. The summed E-state index contributed by atoms with van der Waals surface area (Å²) in [6, 6.07) is 6.93. The molecule has 1 aromatic carbocycles. The lowest BCUT2D eigenvalue weighted by molar-refractivity contribution is -0.132. The van der Waals surface area contributed by atoms with Crippen LogP contribution < -0.4 is 10.6 Å². The van der Waals surface area contributed by atoms with Crippen LogP contribution in [0.4, 0.5) is 5.69 Å². The van der Waals surface area contributed by atoms with Crippen molar-refractivity contribution in [3.05, 3.63) is 29.3 Å². The first-order chi connectivity index (χ1) is 8.04. The molecule has 0 fully saturated rings. The zero-order valence-electron chi connectivity index (χ0n) is 9.99. The van der Waals surface area contributed by atoms with Crippen LogP contribution in [0.15, 0.2) is 12.1 Å². The average Bonchev–Trinajstić information content (AvgIpc) is 2.32. The third kappa shape index (κ3) is 1.90. The minimum atomic E-state index is -0.736. The Kier molecular flexibility index (Phi) is 2.88. The van der Waals surface area contributed by atoms with E-state index in [1.165, 1.54) is 4.90 Å². The van der Waals surface area contributed by atoms with Crippen LogP contribution >= 0.6 is 0 Å². The molecule has 0 bridgehead atoms. The van der Waals surface area contributed by atoms with E-state index < -0.39 is 11.8 Å². The number of primary amides is 1. The van der Waals surface area contributed by atoms with E-state index in [4.69, 9.17) is 5.73 Å². The number of nitrogens with zero attached hydrogens (tertiary/aromatic N) is 1. The first-order valence-electron chi connectivity index (χ1n) is 5.65. The van der Waals surface area contributed by atoms with Crippen molar-refractivity contribution in [1.82, 2.24) is 0 Å². The second kappa shape index (κ2) is 4.20. The summed E-state index contributed by atoms with van der Waals surface area (Å²) in [6.07, 6.45) is 1.28. The fourth-order valence-corrected chi connectivity index (χ4v) is 2.14. The van der Waals surface area contributed by atoms with Crippen LogP contribution in [-0.4, -0.2) is 18.9 Å². The van der Waals surface area contributed by atoms with E-state index in [2.05, 4.69) is 6.07 Å². The van der Waals surface area contributed by atoms with Crippen LogP contribution in [0.3, 0.4) is 0 Å². The quantitative estimate of drug-likeness (QED) is 0.760. The molecule has 1 atom stereocenters. The Balaban J connectivity index is 2.45. The Hall–Kier alpha value is -1.84. The maximum absolute atomic E-state index is 11.9. The fourth-order valence-electron chi connectivity index (χ4n) is 2.14. The summed E-state index contributed by atoms with van der Waals surface area (Å²) in [6.45, 7) is 2.04. The Morgan fingerprint density at radius 3 is 2.94 bits per heavy atom. The van der Waals surface area contributed by atoms with Crippen molar-refractivity contribution in [2.75, 3.05) is 11.9 Å². The lowest BCUT2D eigenvalue weighted by atomic mass is 9.90. The van der Waals surface area contributed by atoms with Crippen LogP contribution in [0.2, 0.25) is 0 Å². The molecule has 1 aromatic rings. The summed E-state index contributed by atoms with van der Waals surface area (Å²) in [7, 11) is 1.66. The summed E-state index contributed by atoms with van der Waals surface area (Å²) >= 11 is 0. The minimum Gasteiger partial charge on any atom is -0.369 e. The molecule has 0 saturated carbocycles. The molecule has 17 heavy (non-hydrogen) atoms. The third-order valence-corrected chi connectivity index (χ3v) is 3.21. The summed E-state index contributed by atoms with van der Waals surface area (Å²) in [5.41, 5.74) is 8.15. The van der Waals surface area contributed by atoms with E-state index in [0.29, 0.717) is 6.42 Å². The standard InChI is InChI=1S/C13H15N2O2/c1-3-8-4-5-11-9(6-8)7-10(12(14)16)13(17)15(11)2/h5-6,10H,3,7H2,1-2H3,(H2,14,16). The van der Waals surface area contributed by atoms with Gasteiger partial charge in [0, 0.05) is 12.7 Å². The van der Waals surface area contributed by atoms with Crippen LogP contribution in [0.1, 0.15) is 18.1 Å². The number of nitrogens with two attached hydrogens (primary N) is 1. The maximum atomic E-state index is 11.9. The van der Waals surface area contributed by atoms with Crippen molar-refractivity contribution in [1.29, 1.82) is 0 Å². The summed E-state index contributed by atoms with van der Waals surface area (Å²) in [4.78, 5) is 24.6. The Morgan fingerprint density at radius 2 is 2.35 bits per heavy atom. The number of carbonyl (C=O) groups excluding carboxylic acids is 2. The molecule has 1 aliphatic rings. The van der Waals surface area contributed by atoms with Crippen molar-refractivity contribution in [2.24, 2.45) is 11.7 Å². The number of rotatable bonds is 2. The van der Waals surface area contributed by atoms with Crippen molar-refractivity contribution < 1.29 is 9.59 Å². The minimum absolute atomic E-state index is 0.234. The van der Waals surface area contributed by atoms with Gasteiger partial charge < -0.3 is 10.6 Å². The number of carbonyl (C=O) groups is 2. The van der Waals surface area contributed by atoms with Gasteiger partial charge in [0.25, 0.3) is 0 Å². The lowest BCUT2D eigenvalue weighted by Gasteiger charge is -2.30. The van der Waals surface area contributed by atoms with Crippen molar-refractivity contribution in [2.45, 2.75) is 19.8 Å². The SMILES string of the molecule is CCc1[c]cc2c(c1)CC(C(N)=O)C(=O)N2C. The van der Waals surface area contributed by atoms with Gasteiger partial charge >= 0.3 is 0 Å². The summed E-state index contributed by atoms with van der Waals surface area (Å²) < 4.78 is 0. The first-order valence-corrected chi connectivity index (χ1v) is 5.65. The van der Waals surface area contributed by atoms with E-state index >= 15 is 0 Å². The van der Waals surface area contributed by atoms with Crippen LogP contribution in [0.5, 0.6) is 0 Å². The molecule has 89 valence electrons. The molecule has 4 nitrogen and oxygen atoms in total. The summed E-state index contributed by atoms with van der Waals surface area (Å²) in [5.74, 6) is -1.53. The van der Waals surface area contributed by atoms with Gasteiger partial charge in [-0.05, 0) is 36.1 Å². The number of aryl methyl sites for hydroxylation is 1. The molecular formula is C13H15N2O2. The smallest absolute Gasteiger partial charge is 0.239 e. The largest absolute Gasteiger partial charge is 0.369 e. The third-order valence-electron chi connectivity index (χ3n) is 3.21. The number of benzene rings is 1. The van der Waals surface area contributed by atoms with Gasteiger partial charge in [0.05, 0.1) is 0 Å². The zero-order valence-corrected chi connectivity index (χ0v) is 9.99. The van der Waals surface area contributed by atoms with Crippen LogP contribution in [0.25, 0.3) is 0 Å². The number of amides is 2. The number of hydrogen-bond acceptors (Lipinski definition) is 2. The van der Waals surface area contributed by atoms with Gasteiger partial charge in [-0.1, -0.05) is 13.0 Å². The molecule has 1 aliphatic heterocycles. The van der Waals surface area contributed by atoms with Gasteiger partial charge in [0.2, 0.25) is 11.8 Å². The van der Waals surface area contributed by atoms with Crippen LogP contribution in [0, 0.1) is 12.0 Å². The molecule has 2 rings (SSSR count). The highest BCUT2D eigenvalue weighted by Gasteiger charge is 2.34. The fraction of sp³-hybridized carbons (Fsp3) is 0.385.